The maximum atomic E-state index is 12.8. The van der Waals surface area contributed by atoms with Crippen LogP contribution in [-0.2, 0) is 23.2 Å². The Morgan fingerprint density at radius 3 is 2.52 bits per heavy atom. The molecule has 0 aliphatic carbocycles. The van der Waals surface area contributed by atoms with E-state index in [-0.39, 0.29) is 42.1 Å². The van der Waals surface area contributed by atoms with Crippen molar-refractivity contribution < 1.29 is 9.59 Å². The fourth-order valence-corrected chi connectivity index (χ4v) is 3.72. The monoisotopic (exact) mass is 419 g/mol. The van der Waals surface area contributed by atoms with Crippen molar-refractivity contribution in [2.24, 2.45) is 13.0 Å². The third-order valence-electron chi connectivity index (χ3n) is 5.31. The van der Waals surface area contributed by atoms with Gasteiger partial charge in [-0.15, -0.1) is 12.4 Å². The Bertz CT molecular complexity index is 834. The highest BCUT2D eigenvalue weighted by Gasteiger charge is 2.34. The van der Waals surface area contributed by atoms with Gasteiger partial charge in [-0.05, 0) is 37.1 Å². The first-order valence-electron chi connectivity index (χ1n) is 9.71. The molecule has 8 heteroatoms. The predicted octanol–water partition coefficient (Wildman–Crippen LogP) is 2.54. The minimum atomic E-state index is -0.127. The van der Waals surface area contributed by atoms with Gasteiger partial charge in [-0.3, -0.25) is 14.3 Å². The summed E-state index contributed by atoms with van der Waals surface area (Å²) in [5.41, 5.74) is 2.89. The highest BCUT2D eigenvalue weighted by Crippen LogP contribution is 2.29. The number of anilines is 1. The summed E-state index contributed by atoms with van der Waals surface area (Å²) < 4.78 is 1.77. The molecule has 2 atom stereocenters. The van der Waals surface area contributed by atoms with E-state index < -0.39 is 0 Å². The van der Waals surface area contributed by atoms with Crippen molar-refractivity contribution in [3.8, 4) is 0 Å². The van der Waals surface area contributed by atoms with Crippen molar-refractivity contribution >= 4 is 29.9 Å². The fourth-order valence-electron chi connectivity index (χ4n) is 3.72. The van der Waals surface area contributed by atoms with Crippen LogP contribution in [0.1, 0.15) is 37.8 Å². The minimum Gasteiger partial charge on any atom is -0.336 e. The number of amides is 2. The third kappa shape index (κ3) is 5.58. The van der Waals surface area contributed by atoms with Gasteiger partial charge in [0.1, 0.15) is 0 Å². The number of nitrogens with one attached hydrogen (secondary N) is 2. The van der Waals surface area contributed by atoms with E-state index >= 15 is 0 Å². The van der Waals surface area contributed by atoms with Gasteiger partial charge in [0.15, 0.2) is 0 Å². The van der Waals surface area contributed by atoms with Crippen LogP contribution in [-0.4, -0.2) is 45.6 Å². The number of carbonyl (C=O) groups excluding carboxylic acids is 2. The number of carbonyl (C=O) groups is 2. The Kier molecular flexibility index (Phi) is 7.81. The molecule has 0 bridgehead atoms. The Hall–Kier alpha value is -2.38. The molecule has 158 valence electrons. The lowest BCUT2D eigenvalue weighted by Crippen LogP contribution is -2.34. The van der Waals surface area contributed by atoms with E-state index in [2.05, 4.69) is 15.7 Å². The molecule has 1 aliphatic heterocycles. The van der Waals surface area contributed by atoms with Crippen LogP contribution in [0, 0.1) is 5.92 Å². The Morgan fingerprint density at radius 2 is 1.97 bits per heavy atom. The second kappa shape index (κ2) is 9.89. The zero-order valence-corrected chi connectivity index (χ0v) is 18.2. The van der Waals surface area contributed by atoms with Gasteiger partial charge in [0.05, 0.1) is 12.1 Å². The zero-order valence-electron chi connectivity index (χ0n) is 17.4. The van der Waals surface area contributed by atoms with E-state index in [1.165, 1.54) is 0 Å². The van der Waals surface area contributed by atoms with Crippen molar-refractivity contribution in [2.75, 3.05) is 18.4 Å². The van der Waals surface area contributed by atoms with Crippen LogP contribution in [0.2, 0.25) is 0 Å². The smallest absolute Gasteiger partial charge is 0.229 e. The summed E-state index contributed by atoms with van der Waals surface area (Å²) in [6, 6.07) is 7.86. The second-order valence-electron chi connectivity index (χ2n) is 7.75. The molecule has 1 aliphatic rings. The van der Waals surface area contributed by atoms with Crippen LogP contribution in [0.25, 0.3) is 0 Å². The summed E-state index contributed by atoms with van der Waals surface area (Å²) in [5.74, 6) is 0.0721. The topological polar surface area (TPSA) is 79.3 Å². The number of hydrogen-bond acceptors (Lipinski definition) is 4. The lowest BCUT2D eigenvalue weighted by Gasteiger charge is -2.25. The Morgan fingerprint density at radius 1 is 1.28 bits per heavy atom. The molecule has 1 saturated heterocycles. The van der Waals surface area contributed by atoms with Gasteiger partial charge in [0.25, 0.3) is 0 Å². The SMILES string of the molecule is CC(=O)N(Cc1ccc(NC(=O)[C@H]2CNC[C@@H]2c2cnn(C)c2)cc1)C(C)C.Cl. The number of aromatic nitrogens is 2. The van der Waals surface area contributed by atoms with E-state index in [1.54, 1.807) is 11.6 Å². The second-order valence-corrected chi connectivity index (χ2v) is 7.75. The molecule has 2 amide bonds. The van der Waals surface area contributed by atoms with Gasteiger partial charge in [-0.25, -0.2) is 0 Å². The molecule has 0 unspecified atom stereocenters. The molecule has 0 radical (unpaired) electrons. The van der Waals surface area contributed by atoms with E-state index in [0.29, 0.717) is 13.1 Å². The molecule has 3 rings (SSSR count). The van der Waals surface area contributed by atoms with Crippen molar-refractivity contribution in [1.29, 1.82) is 0 Å². The molecule has 0 saturated carbocycles. The molecule has 1 aromatic carbocycles. The Labute approximate surface area is 178 Å². The van der Waals surface area contributed by atoms with Crippen molar-refractivity contribution in [3.63, 3.8) is 0 Å². The molecule has 1 aromatic heterocycles. The molecule has 2 N–H and O–H groups in total. The zero-order chi connectivity index (χ0) is 20.3. The lowest BCUT2D eigenvalue weighted by atomic mass is 9.90. The minimum absolute atomic E-state index is 0. The first-order chi connectivity index (χ1) is 13.3. The highest BCUT2D eigenvalue weighted by molar-refractivity contribution is 5.93. The number of rotatable bonds is 6. The summed E-state index contributed by atoms with van der Waals surface area (Å²) in [6.45, 7) is 7.60. The van der Waals surface area contributed by atoms with E-state index in [4.69, 9.17) is 0 Å². The van der Waals surface area contributed by atoms with Crippen LogP contribution >= 0.6 is 12.4 Å². The fraction of sp³-hybridized carbons (Fsp3) is 0.476. The van der Waals surface area contributed by atoms with Crippen LogP contribution < -0.4 is 10.6 Å². The predicted molar refractivity (Wildman–Crippen MR) is 116 cm³/mol. The van der Waals surface area contributed by atoms with Gasteiger partial charge in [0.2, 0.25) is 11.8 Å². The summed E-state index contributed by atoms with van der Waals surface area (Å²) in [5, 5.41) is 10.6. The van der Waals surface area contributed by atoms with Crippen LogP contribution in [0.4, 0.5) is 5.69 Å². The number of benzene rings is 1. The summed E-state index contributed by atoms with van der Waals surface area (Å²) in [7, 11) is 1.88. The number of aryl methyl sites for hydroxylation is 1. The number of hydrogen-bond donors (Lipinski definition) is 2. The average Bonchev–Trinajstić information content (AvgIpc) is 3.29. The largest absolute Gasteiger partial charge is 0.336 e. The van der Waals surface area contributed by atoms with Crippen molar-refractivity contribution in [2.45, 2.75) is 39.3 Å². The molecule has 0 spiro atoms. The average molecular weight is 420 g/mol. The number of nitrogens with zero attached hydrogens (tertiary/aromatic N) is 3. The van der Waals surface area contributed by atoms with Gasteiger partial charge in [-0.1, -0.05) is 12.1 Å². The van der Waals surface area contributed by atoms with E-state index in [9.17, 15) is 9.59 Å². The van der Waals surface area contributed by atoms with E-state index in [1.807, 2.05) is 62.5 Å². The highest BCUT2D eigenvalue weighted by atomic mass is 35.5. The van der Waals surface area contributed by atoms with Crippen LogP contribution in [0.5, 0.6) is 0 Å². The third-order valence-corrected chi connectivity index (χ3v) is 5.31. The lowest BCUT2D eigenvalue weighted by molar-refractivity contribution is -0.131. The van der Waals surface area contributed by atoms with E-state index in [0.717, 1.165) is 23.4 Å². The van der Waals surface area contributed by atoms with Gasteiger partial charge in [-0.2, -0.15) is 5.10 Å². The van der Waals surface area contributed by atoms with Crippen molar-refractivity contribution in [3.05, 3.63) is 47.8 Å². The molecular formula is C21H30ClN5O2. The van der Waals surface area contributed by atoms with Crippen molar-refractivity contribution in [1.82, 2.24) is 20.0 Å². The summed E-state index contributed by atoms with van der Waals surface area (Å²) >= 11 is 0. The summed E-state index contributed by atoms with van der Waals surface area (Å²) in [6.07, 6.45) is 3.81. The first kappa shape index (κ1) is 22.9. The molecule has 7 nitrogen and oxygen atoms in total. The first-order valence-corrected chi connectivity index (χ1v) is 9.71. The van der Waals surface area contributed by atoms with Gasteiger partial charge < -0.3 is 15.5 Å². The number of halogens is 1. The molecule has 2 heterocycles. The van der Waals surface area contributed by atoms with Crippen LogP contribution in [0.3, 0.4) is 0 Å². The molecule has 1 fully saturated rings. The normalized spacial score (nSPS) is 18.4. The van der Waals surface area contributed by atoms with Crippen LogP contribution in [0.15, 0.2) is 36.7 Å². The maximum absolute atomic E-state index is 12.8. The Balaban J connectivity index is 0.00000300. The quantitative estimate of drug-likeness (QED) is 0.754. The van der Waals surface area contributed by atoms with Gasteiger partial charge >= 0.3 is 0 Å². The molecular weight excluding hydrogens is 390 g/mol. The molecule has 29 heavy (non-hydrogen) atoms. The summed E-state index contributed by atoms with van der Waals surface area (Å²) in [4.78, 5) is 26.4. The molecule has 2 aromatic rings. The maximum Gasteiger partial charge on any atom is 0.229 e. The standard InChI is InChI=1S/C21H29N5O2.ClH/c1-14(2)26(15(3)27)12-16-5-7-18(8-6-16)24-21(28)20-11-22-10-19(20)17-9-23-25(4)13-17;/h5-9,13-14,19-20,22H,10-12H2,1-4H3,(H,24,28);1H/t19-,20+;/m1./s1. The van der Waals surface area contributed by atoms with Gasteiger partial charge in [0, 0.05) is 57.4 Å².